The van der Waals surface area contributed by atoms with Crippen LogP contribution in [0.25, 0.3) is 0 Å². The minimum absolute atomic E-state index is 0.0433. The Kier molecular flexibility index (Phi) is 6.48. The lowest BCUT2D eigenvalue weighted by Crippen LogP contribution is -2.38. The molecule has 1 N–H and O–H groups in total. The lowest BCUT2D eigenvalue weighted by Gasteiger charge is -2.33. The van der Waals surface area contributed by atoms with Crippen molar-refractivity contribution in [2.24, 2.45) is 5.92 Å². The van der Waals surface area contributed by atoms with E-state index in [-0.39, 0.29) is 36.8 Å². The highest BCUT2D eigenvalue weighted by molar-refractivity contribution is 5.83. The van der Waals surface area contributed by atoms with Gasteiger partial charge in [0.15, 0.2) is 0 Å². The third-order valence-corrected chi connectivity index (χ3v) is 3.66. The maximum atomic E-state index is 11.4. The molecule has 4 atom stereocenters. The first kappa shape index (κ1) is 16.1. The molecule has 0 fully saturated rings. The molecule has 0 saturated carbocycles. The number of rotatable bonds is 7. The van der Waals surface area contributed by atoms with E-state index in [2.05, 4.69) is 0 Å². The number of cyclic esters (lactones) is 1. The highest BCUT2D eigenvalue weighted by atomic mass is 16.5. The summed E-state index contributed by atoms with van der Waals surface area (Å²) in [6.07, 6.45) is 2.25. The van der Waals surface area contributed by atoms with Gasteiger partial charge < -0.3 is 19.3 Å². The predicted molar refractivity (Wildman–Crippen MR) is 70.7 cm³/mol. The third-order valence-electron chi connectivity index (χ3n) is 3.66. The molecule has 0 aromatic rings. The summed E-state index contributed by atoms with van der Waals surface area (Å²) in [6.45, 7) is 3.87. The van der Waals surface area contributed by atoms with E-state index in [0.717, 1.165) is 12.0 Å². The SMILES string of the molecule is CO[C@H](CO)C[C@@H](OC)[C@@H](C)[C@H]1CC(C)=CC(=O)O1. The van der Waals surface area contributed by atoms with Crippen LogP contribution in [0.1, 0.15) is 26.7 Å². The Labute approximate surface area is 114 Å². The minimum Gasteiger partial charge on any atom is -0.458 e. The maximum absolute atomic E-state index is 11.4. The molecule has 1 aliphatic rings. The maximum Gasteiger partial charge on any atom is 0.330 e. The van der Waals surface area contributed by atoms with Crippen molar-refractivity contribution in [3.05, 3.63) is 11.6 Å². The summed E-state index contributed by atoms with van der Waals surface area (Å²) in [7, 11) is 3.18. The zero-order valence-electron chi connectivity index (χ0n) is 12.1. The van der Waals surface area contributed by atoms with E-state index >= 15 is 0 Å². The van der Waals surface area contributed by atoms with Crippen LogP contribution in [-0.2, 0) is 19.0 Å². The van der Waals surface area contributed by atoms with Crippen LogP contribution < -0.4 is 0 Å². The summed E-state index contributed by atoms with van der Waals surface area (Å²) in [4.78, 5) is 11.4. The van der Waals surface area contributed by atoms with Crippen molar-refractivity contribution >= 4 is 5.97 Å². The summed E-state index contributed by atoms with van der Waals surface area (Å²) in [5, 5.41) is 9.17. The molecule has 110 valence electrons. The fourth-order valence-corrected chi connectivity index (χ4v) is 2.36. The highest BCUT2D eigenvalue weighted by Crippen LogP contribution is 2.27. The number of aliphatic hydroxyl groups is 1. The van der Waals surface area contributed by atoms with Gasteiger partial charge in [0.05, 0.1) is 18.8 Å². The van der Waals surface area contributed by atoms with Crippen molar-refractivity contribution in [3.8, 4) is 0 Å². The van der Waals surface area contributed by atoms with Gasteiger partial charge in [0.2, 0.25) is 0 Å². The fourth-order valence-electron chi connectivity index (χ4n) is 2.36. The van der Waals surface area contributed by atoms with Crippen LogP contribution >= 0.6 is 0 Å². The molecule has 5 heteroatoms. The van der Waals surface area contributed by atoms with E-state index in [1.165, 1.54) is 6.08 Å². The van der Waals surface area contributed by atoms with Crippen LogP contribution in [-0.4, -0.2) is 50.2 Å². The molecule has 0 aromatic heterocycles. The van der Waals surface area contributed by atoms with Gasteiger partial charge in [-0.25, -0.2) is 4.79 Å². The highest BCUT2D eigenvalue weighted by Gasteiger charge is 2.32. The molecular formula is C14H24O5. The number of hydrogen-bond acceptors (Lipinski definition) is 5. The standard InChI is InChI=1S/C14H24O5/c1-9-5-13(19-14(16)6-9)10(2)12(18-4)7-11(8-15)17-3/h6,10-13,15H,5,7-8H2,1-4H3/t10-,11+,12-,13-/m1/s1. The number of ether oxygens (including phenoxy) is 3. The number of hydrogen-bond donors (Lipinski definition) is 1. The topological polar surface area (TPSA) is 65.0 Å². The molecule has 0 bridgehead atoms. The molecule has 0 aromatic carbocycles. The molecule has 0 amide bonds. The number of carbonyl (C=O) groups excluding carboxylic acids is 1. The molecule has 0 aliphatic carbocycles. The van der Waals surface area contributed by atoms with Crippen molar-refractivity contribution in [2.45, 2.75) is 45.0 Å². The van der Waals surface area contributed by atoms with Gasteiger partial charge in [0.25, 0.3) is 0 Å². The number of methoxy groups -OCH3 is 2. The third kappa shape index (κ3) is 4.60. The van der Waals surface area contributed by atoms with E-state index in [1.54, 1.807) is 14.2 Å². The van der Waals surface area contributed by atoms with Crippen molar-refractivity contribution < 1.29 is 24.1 Å². The quantitative estimate of drug-likeness (QED) is 0.708. The summed E-state index contributed by atoms with van der Waals surface area (Å²) in [5.41, 5.74) is 1.02. The Balaban J connectivity index is 2.65. The van der Waals surface area contributed by atoms with Gasteiger partial charge in [-0.3, -0.25) is 0 Å². The zero-order chi connectivity index (χ0) is 14.4. The molecule has 0 spiro atoms. The van der Waals surface area contributed by atoms with Gasteiger partial charge in [-0.1, -0.05) is 12.5 Å². The zero-order valence-corrected chi connectivity index (χ0v) is 12.1. The van der Waals surface area contributed by atoms with Crippen LogP contribution in [0.3, 0.4) is 0 Å². The molecule has 1 aliphatic heterocycles. The molecule has 0 saturated heterocycles. The molecule has 0 unspecified atom stereocenters. The van der Waals surface area contributed by atoms with E-state index in [1.807, 2.05) is 13.8 Å². The van der Waals surface area contributed by atoms with Gasteiger partial charge in [0.1, 0.15) is 6.10 Å². The Morgan fingerprint density at radius 1 is 1.47 bits per heavy atom. The molecule has 5 nitrogen and oxygen atoms in total. The lowest BCUT2D eigenvalue weighted by atomic mass is 9.89. The number of aliphatic hydroxyl groups excluding tert-OH is 1. The van der Waals surface area contributed by atoms with E-state index in [0.29, 0.717) is 6.42 Å². The van der Waals surface area contributed by atoms with Crippen molar-refractivity contribution in [3.63, 3.8) is 0 Å². The van der Waals surface area contributed by atoms with Crippen LogP contribution in [0.4, 0.5) is 0 Å². The van der Waals surface area contributed by atoms with Gasteiger partial charge in [-0.2, -0.15) is 0 Å². The summed E-state index contributed by atoms with van der Waals surface area (Å²) >= 11 is 0. The molecule has 1 heterocycles. The number of carbonyl (C=O) groups is 1. The van der Waals surface area contributed by atoms with Crippen LogP contribution in [0.15, 0.2) is 11.6 Å². The molecule has 19 heavy (non-hydrogen) atoms. The average molecular weight is 272 g/mol. The second-order valence-corrected chi connectivity index (χ2v) is 5.08. The largest absolute Gasteiger partial charge is 0.458 e. The summed E-state index contributed by atoms with van der Waals surface area (Å²) in [6, 6.07) is 0. The second-order valence-electron chi connectivity index (χ2n) is 5.08. The Morgan fingerprint density at radius 3 is 2.63 bits per heavy atom. The fraction of sp³-hybridized carbons (Fsp3) is 0.786. The van der Waals surface area contributed by atoms with Gasteiger partial charge in [-0.15, -0.1) is 0 Å². The summed E-state index contributed by atoms with van der Waals surface area (Å²) in [5.74, 6) is -0.247. The van der Waals surface area contributed by atoms with Crippen molar-refractivity contribution in [2.75, 3.05) is 20.8 Å². The van der Waals surface area contributed by atoms with Crippen LogP contribution in [0, 0.1) is 5.92 Å². The van der Waals surface area contributed by atoms with Gasteiger partial charge in [0, 0.05) is 39.1 Å². The first-order valence-electron chi connectivity index (χ1n) is 6.56. The Hall–Kier alpha value is -0.910. The van der Waals surface area contributed by atoms with Crippen LogP contribution in [0.5, 0.6) is 0 Å². The van der Waals surface area contributed by atoms with Gasteiger partial charge in [-0.05, 0) is 6.92 Å². The van der Waals surface area contributed by atoms with Crippen LogP contribution in [0.2, 0.25) is 0 Å². The van der Waals surface area contributed by atoms with Gasteiger partial charge >= 0.3 is 5.97 Å². The Morgan fingerprint density at radius 2 is 2.16 bits per heavy atom. The number of esters is 1. The van der Waals surface area contributed by atoms with E-state index < -0.39 is 0 Å². The lowest BCUT2D eigenvalue weighted by molar-refractivity contribution is -0.150. The molecular weight excluding hydrogens is 248 g/mol. The smallest absolute Gasteiger partial charge is 0.330 e. The first-order chi connectivity index (χ1) is 9.01. The van der Waals surface area contributed by atoms with Crippen molar-refractivity contribution in [1.82, 2.24) is 0 Å². The Bertz CT molecular complexity index is 322. The van der Waals surface area contributed by atoms with Crippen molar-refractivity contribution in [1.29, 1.82) is 0 Å². The monoisotopic (exact) mass is 272 g/mol. The normalized spacial score (nSPS) is 24.4. The average Bonchev–Trinajstić information content (AvgIpc) is 2.38. The second kappa shape index (κ2) is 7.62. The van der Waals surface area contributed by atoms with E-state index in [4.69, 9.17) is 14.2 Å². The molecule has 1 rings (SSSR count). The first-order valence-corrected chi connectivity index (χ1v) is 6.56. The summed E-state index contributed by atoms with van der Waals surface area (Å²) < 4.78 is 16.0. The molecule has 0 radical (unpaired) electrons. The minimum atomic E-state index is -0.291. The van der Waals surface area contributed by atoms with E-state index in [9.17, 15) is 9.90 Å². The predicted octanol–water partition coefficient (Wildman–Crippen LogP) is 1.30.